The first kappa shape index (κ1) is 22.5. The van der Waals surface area contributed by atoms with Gasteiger partial charge in [-0.1, -0.05) is 44.5 Å². The fourth-order valence-corrected chi connectivity index (χ4v) is 5.64. The Kier molecular flexibility index (Phi) is 8.04. The van der Waals surface area contributed by atoms with Gasteiger partial charge in [-0.15, -0.1) is 0 Å². The molecule has 1 fully saturated rings. The maximum atomic E-state index is 12.8. The fourth-order valence-electron chi connectivity index (χ4n) is 3.01. The zero-order valence-electron chi connectivity index (χ0n) is 16.2. The van der Waals surface area contributed by atoms with E-state index in [1.807, 2.05) is 0 Å². The summed E-state index contributed by atoms with van der Waals surface area (Å²) >= 11 is 7.75. The van der Waals surface area contributed by atoms with Gasteiger partial charge in [0.25, 0.3) is 0 Å². The van der Waals surface area contributed by atoms with Gasteiger partial charge >= 0.3 is 0 Å². The Hall–Kier alpha value is -0.760. The van der Waals surface area contributed by atoms with Crippen molar-refractivity contribution in [2.75, 3.05) is 25.4 Å². The largest absolute Gasteiger partial charge is 0.355 e. The van der Waals surface area contributed by atoms with Gasteiger partial charge in [0, 0.05) is 35.2 Å². The van der Waals surface area contributed by atoms with E-state index >= 15 is 0 Å². The molecule has 0 aliphatic carbocycles. The highest BCUT2D eigenvalue weighted by Crippen LogP contribution is 2.24. The Morgan fingerprint density at radius 2 is 2.11 bits per heavy atom. The topological polar surface area (TPSA) is 66.5 Å². The maximum Gasteiger partial charge on any atom is 0.224 e. The molecule has 27 heavy (non-hydrogen) atoms. The van der Waals surface area contributed by atoms with Crippen LogP contribution in [-0.2, 0) is 20.6 Å². The van der Waals surface area contributed by atoms with Gasteiger partial charge < -0.3 is 5.32 Å². The van der Waals surface area contributed by atoms with Crippen LogP contribution in [-0.4, -0.2) is 48.8 Å². The van der Waals surface area contributed by atoms with Gasteiger partial charge in [-0.3, -0.25) is 4.79 Å². The van der Waals surface area contributed by atoms with Crippen LogP contribution < -0.4 is 5.32 Å². The summed E-state index contributed by atoms with van der Waals surface area (Å²) in [5, 5.41) is 3.48. The van der Waals surface area contributed by atoms with Crippen molar-refractivity contribution in [1.29, 1.82) is 0 Å². The summed E-state index contributed by atoms with van der Waals surface area (Å²) in [5.41, 5.74) is 0.660. The summed E-state index contributed by atoms with van der Waals surface area (Å²) in [7, 11) is -3.47. The van der Waals surface area contributed by atoms with E-state index in [9.17, 15) is 13.2 Å². The van der Waals surface area contributed by atoms with Crippen LogP contribution in [0, 0.1) is 5.92 Å². The number of carbonyl (C=O) groups excluding carboxylic acids is 1. The average molecular weight is 433 g/mol. The lowest BCUT2D eigenvalue weighted by Crippen LogP contribution is -2.46. The molecule has 1 heterocycles. The second kappa shape index (κ2) is 9.63. The average Bonchev–Trinajstić information content (AvgIpc) is 2.57. The first-order valence-corrected chi connectivity index (χ1v) is 12.2. The zero-order chi connectivity index (χ0) is 20.1. The van der Waals surface area contributed by atoms with Gasteiger partial charge in [-0.2, -0.15) is 11.8 Å². The van der Waals surface area contributed by atoms with Gasteiger partial charge in [-0.05, 0) is 30.5 Å². The first-order valence-electron chi connectivity index (χ1n) is 9.21. The van der Waals surface area contributed by atoms with E-state index < -0.39 is 10.0 Å². The molecule has 1 aliphatic heterocycles. The third-order valence-electron chi connectivity index (χ3n) is 4.32. The number of halogens is 1. The molecule has 0 spiro atoms. The number of rotatable bonds is 7. The van der Waals surface area contributed by atoms with E-state index in [0.29, 0.717) is 30.1 Å². The normalized spacial score (nSPS) is 19.0. The van der Waals surface area contributed by atoms with Crippen LogP contribution in [0.2, 0.25) is 5.02 Å². The van der Waals surface area contributed by atoms with E-state index in [1.54, 1.807) is 36.0 Å². The van der Waals surface area contributed by atoms with Crippen LogP contribution in [0.25, 0.3) is 0 Å². The molecule has 1 aromatic carbocycles. The Balaban J connectivity index is 1.89. The molecule has 1 saturated heterocycles. The number of benzene rings is 1. The van der Waals surface area contributed by atoms with Crippen molar-refractivity contribution in [1.82, 2.24) is 9.62 Å². The molecule has 5 nitrogen and oxygen atoms in total. The third kappa shape index (κ3) is 7.64. The Labute approximate surface area is 172 Å². The summed E-state index contributed by atoms with van der Waals surface area (Å²) in [6.45, 7) is 7.75. The van der Waals surface area contributed by atoms with Crippen molar-refractivity contribution < 1.29 is 13.2 Å². The van der Waals surface area contributed by atoms with Crippen LogP contribution in [0.1, 0.15) is 39.2 Å². The van der Waals surface area contributed by atoms with Gasteiger partial charge in [0.1, 0.15) is 0 Å². The molecule has 0 bridgehead atoms. The number of hydrogen-bond donors (Lipinski definition) is 1. The molecule has 0 radical (unpaired) electrons. The summed E-state index contributed by atoms with van der Waals surface area (Å²) < 4.78 is 27.1. The van der Waals surface area contributed by atoms with Crippen molar-refractivity contribution in [3.05, 3.63) is 34.9 Å². The zero-order valence-corrected chi connectivity index (χ0v) is 18.6. The van der Waals surface area contributed by atoms with E-state index in [1.165, 1.54) is 4.31 Å². The molecule has 1 aliphatic rings. The van der Waals surface area contributed by atoms with Crippen LogP contribution >= 0.6 is 23.4 Å². The molecule has 152 valence electrons. The summed E-state index contributed by atoms with van der Waals surface area (Å²) in [6, 6.07) is 6.89. The Morgan fingerprint density at radius 3 is 2.78 bits per heavy atom. The predicted octanol–water partition coefficient (Wildman–Crippen LogP) is 3.53. The first-order chi connectivity index (χ1) is 12.6. The van der Waals surface area contributed by atoms with Crippen molar-refractivity contribution in [3.8, 4) is 0 Å². The number of nitrogens with one attached hydrogen (secondary N) is 1. The standard InChI is InChI=1S/C19H29ClN2O3S2/c1-19(2,3)26-11-9-21-18(23)16-7-5-10-22(13-16)27(24,25)14-15-6-4-8-17(20)12-15/h4,6,8,12,16H,5,7,9-11,13-14H2,1-3H3,(H,21,23)/t16-/m0/s1. The molecule has 0 saturated carbocycles. The number of thioether (sulfide) groups is 1. The molecular weight excluding hydrogens is 404 g/mol. The van der Waals surface area contributed by atoms with Crippen LogP contribution in [0.5, 0.6) is 0 Å². The van der Waals surface area contributed by atoms with E-state index in [2.05, 4.69) is 26.1 Å². The molecule has 1 atom stereocenters. The number of nitrogens with zero attached hydrogens (tertiary/aromatic N) is 1. The molecule has 2 rings (SSSR count). The molecule has 0 unspecified atom stereocenters. The van der Waals surface area contributed by atoms with Crippen LogP contribution in [0.4, 0.5) is 0 Å². The lowest BCUT2D eigenvalue weighted by molar-refractivity contribution is -0.125. The number of amides is 1. The second-order valence-electron chi connectivity index (χ2n) is 7.84. The quantitative estimate of drug-likeness (QED) is 0.669. The molecule has 1 aromatic rings. The number of carbonyl (C=O) groups is 1. The molecule has 1 N–H and O–H groups in total. The molecule has 0 aromatic heterocycles. The van der Waals surface area contributed by atoms with Gasteiger partial charge in [-0.25, -0.2) is 12.7 Å². The number of piperidine rings is 1. The molecule has 1 amide bonds. The van der Waals surface area contributed by atoms with E-state index in [0.717, 1.165) is 12.2 Å². The number of sulfonamides is 1. The lowest BCUT2D eigenvalue weighted by atomic mass is 9.99. The third-order valence-corrected chi connectivity index (χ3v) is 7.65. The SMILES string of the molecule is CC(C)(C)SCCNC(=O)[C@H]1CCCN(S(=O)(=O)Cc2cccc(Cl)c2)C1. The number of hydrogen-bond acceptors (Lipinski definition) is 4. The van der Waals surface area contributed by atoms with Crippen LogP contribution in [0.3, 0.4) is 0 Å². The highest BCUT2D eigenvalue weighted by Gasteiger charge is 2.32. The highest BCUT2D eigenvalue weighted by atomic mass is 35.5. The van der Waals surface area contributed by atoms with Gasteiger partial charge in [0.2, 0.25) is 15.9 Å². The van der Waals surface area contributed by atoms with Crippen LogP contribution in [0.15, 0.2) is 24.3 Å². The van der Waals surface area contributed by atoms with Gasteiger partial charge in [0.05, 0.1) is 11.7 Å². The lowest BCUT2D eigenvalue weighted by Gasteiger charge is -2.31. The van der Waals surface area contributed by atoms with E-state index in [-0.39, 0.29) is 28.9 Å². The minimum Gasteiger partial charge on any atom is -0.355 e. The highest BCUT2D eigenvalue weighted by molar-refractivity contribution is 8.00. The maximum absolute atomic E-state index is 12.8. The van der Waals surface area contributed by atoms with Crippen molar-refractivity contribution in [2.24, 2.45) is 5.92 Å². The van der Waals surface area contributed by atoms with Gasteiger partial charge in [0.15, 0.2) is 0 Å². The predicted molar refractivity (Wildman–Crippen MR) is 114 cm³/mol. The smallest absolute Gasteiger partial charge is 0.224 e. The fraction of sp³-hybridized carbons (Fsp3) is 0.632. The summed E-state index contributed by atoms with van der Waals surface area (Å²) in [6.07, 6.45) is 1.42. The minimum atomic E-state index is -3.47. The van der Waals surface area contributed by atoms with Crippen molar-refractivity contribution >= 4 is 39.3 Å². The second-order valence-corrected chi connectivity index (χ2v) is 12.2. The van der Waals surface area contributed by atoms with Crippen molar-refractivity contribution in [2.45, 2.75) is 44.1 Å². The summed E-state index contributed by atoms with van der Waals surface area (Å²) in [5.74, 6) is 0.419. The molecule has 8 heteroatoms. The van der Waals surface area contributed by atoms with Crippen molar-refractivity contribution in [3.63, 3.8) is 0 Å². The minimum absolute atomic E-state index is 0.0489. The Morgan fingerprint density at radius 1 is 1.37 bits per heavy atom. The summed E-state index contributed by atoms with van der Waals surface area (Å²) in [4.78, 5) is 12.4. The van der Waals surface area contributed by atoms with E-state index in [4.69, 9.17) is 11.6 Å². The molecular formula is C19H29ClN2O3S2. The monoisotopic (exact) mass is 432 g/mol. The Bertz CT molecular complexity index is 748.